The topological polar surface area (TPSA) is 0 Å². The molecule has 0 aliphatic carbocycles. The van der Waals surface area contributed by atoms with Gasteiger partial charge in [0.25, 0.3) is 13.1 Å². The minimum absolute atomic E-state index is 0.194. The molecule has 0 saturated carbocycles. The smallest absolute Gasteiger partial charge is 0.230 e. The first kappa shape index (κ1) is 4.79. The normalized spacial score (nSPS) is 9.60. The first-order valence-corrected chi connectivity index (χ1v) is 0.914. The molecule has 3 heteroatoms. The van der Waals surface area contributed by atoms with Crippen LogP contribution in [0.4, 0.5) is 13.2 Å². The molecule has 0 atom stereocenters. The maximum atomic E-state index is 10.3. The Bertz CT molecular complexity index is 18.9. The van der Waals surface area contributed by atoms with Gasteiger partial charge in [0.2, 0.25) is 0 Å². The highest BCUT2D eigenvalue weighted by molar-refractivity contribution is 4.44. The van der Waals surface area contributed by atoms with Gasteiger partial charge in [-0.2, -0.15) is 0 Å². The van der Waals surface area contributed by atoms with E-state index < -0.39 is 6.43 Å². The molecule has 0 aliphatic heterocycles. The van der Waals surface area contributed by atoms with Crippen LogP contribution in [0.5, 0.6) is 0 Å². The maximum Gasteiger partial charge on any atom is 0.279 e. The van der Waals surface area contributed by atoms with Crippen molar-refractivity contribution in [1.82, 2.24) is 0 Å². The highest BCUT2D eigenvalue weighted by Crippen LogP contribution is 1.94. The Hall–Kier alpha value is -0.210. The number of halogens is 3. The first-order chi connectivity index (χ1) is 2.27. The van der Waals surface area contributed by atoms with Gasteiger partial charge in [-0.1, -0.05) is 0 Å². The summed E-state index contributed by atoms with van der Waals surface area (Å²) in [6.45, 7) is 0.194. The molecule has 5 heavy (non-hydrogen) atoms. The van der Waals surface area contributed by atoms with Crippen LogP contribution in [0.1, 0.15) is 0 Å². The molecule has 0 heterocycles. The van der Waals surface area contributed by atoms with Crippen LogP contribution in [-0.4, -0.2) is 6.43 Å². The van der Waals surface area contributed by atoms with E-state index in [1.165, 1.54) is 0 Å². The molecule has 0 unspecified atom stereocenters. The van der Waals surface area contributed by atoms with Crippen LogP contribution in [-0.2, 0) is 0 Å². The third-order valence-electron chi connectivity index (χ3n) is 0.0825. The van der Waals surface area contributed by atoms with Gasteiger partial charge in [0.1, 0.15) is 0 Å². The second-order valence-electron chi connectivity index (χ2n) is 0.410. The molecule has 0 nitrogen and oxygen atoms in total. The quantitative estimate of drug-likeness (QED) is 0.446. The molecular weight excluding hydrogens is 81.0 g/mol. The van der Waals surface area contributed by atoms with E-state index in [0.29, 0.717) is 0 Å². The number of alkyl halides is 2. The van der Waals surface area contributed by atoms with Crippen molar-refractivity contribution in [1.29, 1.82) is 0 Å². The Labute approximate surface area is 27.6 Å². The van der Waals surface area contributed by atoms with E-state index in [1.54, 1.807) is 0 Å². The summed E-state index contributed by atoms with van der Waals surface area (Å²) in [5.41, 5.74) is 0. The summed E-state index contributed by atoms with van der Waals surface area (Å²) >= 11 is 0. The van der Waals surface area contributed by atoms with Crippen LogP contribution >= 0.6 is 0 Å². The molecule has 0 saturated heterocycles. The molecule has 0 rings (SSSR count). The van der Waals surface area contributed by atoms with E-state index >= 15 is 0 Å². The molecule has 0 amide bonds. The van der Waals surface area contributed by atoms with Crippen LogP contribution in [0, 0.1) is 6.67 Å². The van der Waals surface area contributed by atoms with Gasteiger partial charge in [0, 0.05) is 0 Å². The van der Waals surface area contributed by atoms with Crippen LogP contribution in [0.2, 0.25) is 0 Å². The third kappa shape index (κ3) is 3.79. The Morgan fingerprint density at radius 1 is 1.40 bits per heavy atom. The largest absolute Gasteiger partial charge is 0.279 e. The van der Waals surface area contributed by atoms with Gasteiger partial charge in [-0.05, 0) is 0 Å². The fourth-order valence-electron chi connectivity index (χ4n) is 0. The molecule has 0 N–H and O–H groups in total. The van der Waals surface area contributed by atoms with E-state index in [9.17, 15) is 13.2 Å². The lowest BCUT2D eigenvalue weighted by Crippen LogP contribution is -1.80. The van der Waals surface area contributed by atoms with Gasteiger partial charge in [0.15, 0.2) is 0 Å². The monoisotopic (exact) mass is 82.0 g/mol. The number of rotatable bonds is 1. The van der Waals surface area contributed by atoms with Crippen molar-refractivity contribution in [3.63, 3.8) is 0 Å². The third-order valence-corrected chi connectivity index (χ3v) is 0.0825. The molecule has 0 aliphatic rings. The van der Waals surface area contributed by atoms with E-state index in [2.05, 4.69) is 0 Å². The van der Waals surface area contributed by atoms with Crippen molar-refractivity contribution in [3.8, 4) is 0 Å². The summed E-state index contributed by atoms with van der Waals surface area (Å²) in [6, 6.07) is 0. The van der Waals surface area contributed by atoms with Crippen LogP contribution in [0.25, 0.3) is 0 Å². The van der Waals surface area contributed by atoms with Gasteiger partial charge < -0.3 is 0 Å². The molecule has 30 valence electrons. The predicted molar refractivity (Wildman–Crippen MR) is 10.4 cm³/mol. The second-order valence-corrected chi connectivity index (χ2v) is 0.410. The molecule has 2 radical (unpaired) electrons. The van der Waals surface area contributed by atoms with Crippen molar-refractivity contribution in [3.05, 3.63) is 6.67 Å². The van der Waals surface area contributed by atoms with Crippen LogP contribution < -0.4 is 0 Å². The Balaban J connectivity index is 2.54. The van der Waals surface area contributed by atoms with Gasteiger partial charge in [-0.15, -0.1) is 0 Å². The molecule has 0 aromatic carbocycles. The summed E-state index contributed by atoms with van der Waals surface area (Å²) in [6.07, 6.45) is -3.03. The SMILES string of the molecule is F[C]C(F)F. The average Bonchev–Trinajstić information content (AvgIpc) is 1.38. The average molecular weight is 82.0 g/mol. The van der Waals surface area contributed by atoms with Crippen LogP contribution in [0.3, 0.4) is 0 Å². The Morgan fingerprint density at radius 3 is 1.60 bits per heavy atom. The Kier molecular flexibility index (Phi) is 1.97. The standard InChI is InChI=1S/C2HF3/c3-1-2(4)5/h2H. The minimum atomic E-state index is -3.03. The van der Waals surface area contributed by atoms with Crippen molar-refractivity contribution >= 4 is 0 Å². The molecule has 0 aromatic rings. The van der Waals surface area contributed by atoms with E-state index in [-0.39, 0.29) is 6.67 Å². The molecule has 0 spiro atoms. The van der Waals surface area contributed by atoms with Gasteiger partial charge in [-0.25, -0.2) is 13.2 Å². The lowest BCUT2D eigenvalue weighted by molar-refractivity contribution is 0.152. The summed E-state index contributed by atoms with van der Waals surface area (Å²) in [7, 11) is 0. The number of hydrogen-bond acceptors (Lipinski definition) is 0. The summed E-state index contributed by atoms with van der Waals surface area (Å²) < 4.78 is 30.7. The van der Waals surface area contributed by atoms with E-state index in [1.807, 2.05) is 0 Å². The van der Waals surface area contributed by atoms with Crippen molar-refractivity contribution < 1.29 is 13.2 Å². The zero-order chi connectivity index (χ0) is 4.28. The second kappa shape index (κ2) is 2.05. The molecular formula is C2HF3. The van der Waals surface area contributed by atoms with Gasteiger partial charge >= 0.3 is 0 Å². The summed E-state index contributed by atoms with van der Waals surface area (Å²) in [5, 5.41) is 0. The first-order valence-electron chi connectivity index (χ1n) is 0.914. The molecule has 0 bridgehead atoms. The van der Waals surface area contributed by atoms with E-state index in [4.69, 9.17) is 0 Å². The lowest BCUT2D eigenvalue weighted by atomic mass is 10.8. The summed E-state index contributed by atoms with van der Waals surface area (Å²) in [5.74, 6) is 0. The van der Waals surface area contributed by atoms with Crippen molar-refractivity contribution in [2.75, 3.05) is 0 Å². The fourth-order valence-corrected chi connectivity index (χ4v) is 0. The minimum Gasteiger partial charge on any atom is -0.230 e. The highest BCUT2D eigenvalue weighted by Gasteiger charge is 1.98. The van der Waals surface area contributed by atoms with Gasteiger partial charge in [-0.3, -0.25) is 0 Å². The number of hydrogen-bond donors (Lipinski definition) is 0. The van der Waals surface area contributed by atoms with Crippen LogP contribution in [0.15, 0.2) is 0 Å². The fraction of sp³-hybridized carbons (Fsp3) is 0.500. The summed E-state index contributed by atoms with van der Waals surface area (Å²) in [4.78, 5) is 0. The maximum absolute atomic E-state index is 10.3. The lowest BCUT2D eigenvalue weighted by Gasteiger charge is -1.75. The highest BCUT2D eigenvalue weighted by atomic mass is 19.3. The van der Waals surface area contributed by atoms with Crippen molar-refractivity contribution in [2.45, 2.75) is 6.43 Å². The predicted octanol–water partition coefficient (Wildman–Crippen LogP) is 1.26. The van der Waals surface area contributed by atoms with E-state index in [0.717, 1.165) is 0 Å². The zero-order valence-corrected chi connectivity index (χ0v) is 2.21. The molecule has 0 fully saturated rings. The van der Waals surface area contributed by atoms with Crippen molar-refractivity contribution in [2.24, 2.45) is 0 Å². The van der Waals surface area contributed by atoms with Gasteiger partial charge in [0.05, 0.1) is 0 Å². The molecule has 0 aromatic heterocycles. The Morgan fingerprint density at radius 2 is 1.60 bits per heavy atom. The zero-order valence-electron chi connectivity index (χ0n) is 2.21.